The number of nitrogens with zero attached hydrogens (tertiary/aromatic N) is 1. The van der Waals surface area contributed by atoms with Gasteiger partial charge in [-0.1, -0.05) is 31.6 Å². The van der Waals surface area contributed by atoms with Crippen molar-refractivity contribution in [2.45, 2.75) is 90.4 Å². The van der Waals surface area contributed by atoms with E-state index in [4.69, 9.17) is 9.47 Å². The van der Waals surface area contributed by atoms with Crippen molar-refractivity contribution in [3.8, 4) is 0 Å². The fraction of sp³-hybridized carbons (Fsp3) is 0.645. The lowest BCUT2D eigenvalue weighted by Crippen LogP contribution is -2.62. The Bertz CT molecular complexity index is 1120. The number of ether oxygens (including phenoxy) is 2. The first-order chi connectivity index (χ1) is 18.8. The molecule has 2 amide bonds. The smallest absolute Gasteiger partial charge is 0.320 e. The van der Waals surface area contributed by atoms with Gasteiger partial charge in [-0.25, -0.2) is 0 Å². The van der Waals surface area contributed by atoms with Crippen LogP contribution in [0.15, 0.2) is 40.9 Å². The van der Waals surface area contributed by atoms with Crippen molar-refractivity contribution in [2.75, 3.05) is 13.7 Å². The number of fused-ring (bicyclic) bond motifs is 1. The van der Waals surface area contributed by atoms with Gasteiger partial charge < -0.3 is 19.7 Å². The summed E-state index contributed by atoms with van der Waals surface area (Å²) in [6.45, 7) is 5.16. The molecule has 8 heteroatoms. The molecule has 7 nitrogen and oxygen atoms in total. The highest BCUT2D eigenvalue weighted by Gasteiger charge is 2.63. The summed E-state index contributed by atoms with van der Waals surface area (Å²) in [5.41, 5.74) is 1.03. The lowest BCUT2D eigenvalue weighted by atomic mass is 9.64. The first-order valence-electron chi connectivity index (χ1n) is 14.6. The van der Waals surface area contributed by atoms with E-state index in [1.54, 1.807) is 11.3 Å². The van der Waals surface area contributed by atoms with Gasteiger partial charge in [0.15, 0.2) is 0 Å². The molecular weight excluding hydrogens is 512 g/mol. The van der Waals surface area contributed by atoms with E-state index in [1.807, 2.05) is 28.5 Å². The molecule has 0 aromatic carbocycles. The molecule has 1 saturated heterocycles. The molecule has 5 rings (SSSR count). The molecule has 39 heavy (non-hydrogen) atoms. The van der Waals surface area contributed by atoms with E-state index in [9.17, 15) is 14.4 Å². The highest BCUT2D eigenvalue weighted by molar-refractivity contribution is 7.09. The van der Waals surface area contributed by atoms with Crippen LogP contribution >= 0.6 is 11.3 Å². The van der Waals surface area contributed by atoms with Crippen LogP contribution in [-0.4, -0.2) is 48.5 Å². The number of hydrogen-bond donors (Lipinski definition) is 1. The quantitative estimate of drug-likeness (QED) is 0.311. The van der Waals surface area contributed by atoms with Gasteiger partial charge >= 0.3 is 5.97 Å². The number of methoxy groups -OCH3 is 1. The van der Waals surface area contributed by atoms with Crippen molar-refractivity contribution in [1.29, 1.82) is 0 Å². The minimum atomic E-state index is -1.09. The van der Waals surface area contributed by atoms with E-state index in [2.05, 4.69) is 25.2 Å². The molecule has 3 heterocycles. The molecule has 1 aromatic rings. The van der Waals surface area contributed by atoms with Crippen LogP contribution in [-0.2, 0) is 30.4 Å². The molecule has 0 radical (unpaired) electrons. The van der Waals surface area contributed by atoms with Crippen LogP contribution in [0.2, 0.25) is 0 Å². The average molecular weight is 555 g/mol. The molecule has 0 spiro atoms. The second-order valence-electron chi connectivity index (χ2n) is 11.9. The second kappa shape index (κ2) is 12.0. The second-order valence-corrected chi connectivity index (χ2v) is 13.0. The zero-order valence-electron chi connectivity index (χ0n) is 23.4. The first-order valence-corrected chi connectivity index (χ1v) is 15.5. The largest absolute Gasteiger partial charge is 0.468 e. The monoisotopic (exact) mass is 554 g/mol. The molecule has 1 aromatic heterocycles. The van der Waals surface area contributed by atoms with Crippen LogP contribution in [0, 0.1) is 23.2 Å². The standard InChI is InChI=1S/C31H42N2O5S/c1-20(2)25-17-26-31(30(36)37-3,28(38-25)22-11-12-22)18-23(16-27(34)32-19-24-10-7-15-39-24)29(35)33(26)14-13-21-8-5-4-6-9-21/h7-8,10,15,17,20,22-23,25,28H,4-6,9,11-14,16,18-19H2,1-3H3,(H,32,34)/t23-,25-,28-,31-/m0/s1. The SMILES string of the molecule is COC(=O)[C@@]12C[C@H](CC(=O)NCc3cccs3)C(=O)N(CCC3=CCCCC3)C1=C[C@@H](C(C)C)O[C@H]2C1CC1. The molecule has 2 aliphatic heterocycles. The summed E-state index contributed by atoms with van der Waals surface area (Å²) in [6.07, 6.45) is 11.3. The van der Waals surface area contributed by atoms with E-state index in [-0.39, 0.29) is 54.7 Å². The minimum absolute atomic E-state index is 0.0421. The summed E-state index contributed by atoms with van der Waals surface area (Å²) in [4.78, 5) is 43.9. The number of nitrogens with one attached hydrogen (secondary N) is 1. The van der Waals surface area contributed by atoms with Gasteiger partial charge in [0.2, 0.25) is 11.8 Å². The summed E-state index contributed by atoms with van der Waals surface area (Å²) in [5.74, 6) is -0.769. The minimum Gasteiger partial charge on any atom is -0.468 e. The Labute approximate surface area is 236 Å². The Morgan fingerprint density at radius 2 is 2.10 bits per heavy atom. The molecule has 2 fully saturated rings. The summed E-state index contributed by atoms with van der Waals surface area (Å²) in [7, 11) is 1.42. The number of hydrogen-bond acceptors (Lipinski definition) is 6. The number of likely N-dealkylation sites (tertiary alicyclic amines) is 1. The number of thiophene rings is 1. The van der Waals surface area contributed by atoms with Crippen molar-refractivity contribution in [2.24, 2.45) is 23.2 Å². The van der Waals surface area contributed by atoms with E-state index in [1.165, 1.54) is 25.5 Å². The number of carbonyl (C=O) groups excluding carboxylic acids is 3. The van der Waals surface area contributed by atoms with Gasteiger partial charge in [-0.05, 0) is 80.7 Å². The van der Waals surface area contributed by atoms with Gasteiger partial charge in [-0.15, -0.1) is 11.3 Å². The maximum atomic E-state index is 14.1. The van der Waals surface area contributed by atoms with Gasteiger partial charge in [0.05, 0.1) is 25.9 Å². The van der Waals surface area contributed by atoms with Crippen molar-refractivity contribution in [1.82, 2.24) is 10.2 Å². The Morgan fingerprint density at radius 1 is 1.28 bits per heavy atom. The number of allylic oxidation sites excluding steroid dienone is 1. The molecule has 1 N–H and O–H groups in total. The zero-order valence-corrected chi connectivity index (χ0v) is 24.3. The zero-order chi connectivity index (χ0) is 27.6. The summed E-state index contributed by atoms with van der Waals surface area (Å²) in [5, 5.41) is 4.95. The molecule has 1 saturated carbocycles. The Hall–Kier alpha value is -2.45. The Morgan fingerprint density at radius 3 is 2.74 bits per heavy atom. The number of carbonyl (C=O) groups is 3. The van der Waals surface area contributed by atoms with Crippen molar-refractivity contribution < 1.29 is 23.9 Å². The summed E-state index contributed by atoms with van der Waals surface area (Å²) in [6, 6.07) is 3.93. The van der Waals surface area contributed by atoms with Gasteiger partial charge in [-0.2, -0.15) is 0 Å². The van der Waals surface area contributed by atoms with Gasteiger partial charge in [0, 0.05) is 29.5 Å². The van der Waals surface area contributed by atoms with E-state index < -0.39 is 11.3 Å². The van der Waals surface area contributed by atoms with Crippen LogP contribution in [0.25, 0.3) is 0 Å². The summed E-state index contributed by atoms with van der Waals surface area (Å²) < 4.78 is 12.1. The maximum Gasteiger partial charge on any atom is 0.320 e. The first kappa shape index (κ1) is 28.1. The highest BCUT2D eigenvalue weighted by atomic mass is 32.1. The third kappa shape index (κ3) is 5.87. The van der Waals surface area contributed by atoms with E-state index in [0.717, 1.165) is 42.7 Å². The highest BCUT2D eigenvalue weighted by Crippen LogP contribution is 2.56. The number of amides is 2. The predicted molar refractivity (Wildman–Crippen MR) is 151 cm³/mol. The number of piperidine rings is 1. The molecular formula is C31H42N2O5S. The molecule has 212 valence electrons. The maximum absolute atomic E-state index is 14.1. The van der Waals surface area contributed by atoms with Gasteiger partial charge in [-0.3, -0.25) is 14.4 Å². The molecule has 4 aliphatic rings. The molecule has 0 unspecified atom stereocenters. The van der Waals surface area contributed by atoms with Crippen molar-refractivity contribution in [3.05, 3.63) is 45.8 Å². The predicted octanol–water partition coefficient (Wildman–Crippen LogP) is 5.37. The topological polar surface area (TPSA) is 84.9 Å². The third-order valence-corrected chi connectivity index (χ3v) is 9.69. The average Bonchev–Trinajstić information content (AvgIpc) is 3.65. The van der Waals surface area contributed by atoms with Crippen LogP contribution in [0.3, 0.4) is 0 Å². The van der Waals surface area contributed by atoms with Crippen molar-refractivity contribution >= 4 is 29.1 Å². The molecule has 0 bridgehead atoms. The van der Waals surface area contributed by atoms with Crippen LogP contribution < -0.4 is 5.32 Å². The Kier molecular flexibility index (Phi) is 8.62. The fourth-order valence-corrected chi connectivity index (χ4v) is 7.21. The van der Waals surface area contributed by atoms with Crippen molar-refractivity contribution in [3.63, 3.8) is 0 Å². The van der Waals surface area contributed by atoms with Gasteiger partial charge in [0.1, 0.15) is 5.41 Å². The third-order valence-electron chi connectivity index (χ3n) is 8.81. The van der Waals surface area contributed by atoms with Crippen LogP contribution in [0.5, 0.6) is 0 Å². The molecule has 2 aliphatic carbocycles. The normalized spacial score (nSPS) is 29.0. The van der Waals surface area contributed by atoms with E-state index in [0.29, 0.717) is 13.1 Å². The van der Waals surface area contributed by atoms with Crippen LogP contribution in [0.4, 0.5) is 0 Å². The van der Waals surface area contributed by atoms with Crippen LogP contribution in [0.1, 0.15) is 76.5 Å². The lowest BCUT2D eigenvalue weighted by Gasteiger charge is -2.53. The molecule has 4 atom stereocenters. The van der Waals surface area contributed by atoms with Gasteiger partial charge in [0.25, 0.3) is 0 Å². The van der Waals surface area contributed by atoms with E-state index >= 15 is 0 Å². The number of esters is 1. The fourth-order valence-electron chi connectivity index (χ4n) is 6.56. The number of rotatable bonds is 10. The lowest BCUT2D eigenvalue weighted by molar-refractivity contribution is -0.182. The summed E-state index contributed by atoms with van der Waals surface area (Å²) >= 11 is 1.59. The Balaban J connectivity index is 1.48.